The van der Waals surface area contributed by atoms with E-state index in [0.29, 0.717) is 30.2 Å². The van der Waals surface area contributed by atoms with E-state index in [-0.39, 0.29) is 11.9 Å². The van der Waals surface area contributed by atoms with Crippen LogP contribution >= 0.6 is 11.3 Å². The molecule has 8 heteroatoms. The Hall–Kier alpha value is -3.39. The zero-order valence-electron chi connectivity index (χ0n) is 16.2. The molecule has 3 amide bonds. The van der Waals surface area contributed by atoms with Crippen LogP contribution in [0.4, 0.5) is 10.5 Å². The minimum absolute atomic E-state index is 0.139. The third-order valence-electron chi connectivity index (χ3n) is 4.17. The van der Waals surface area contributed by atoms with Crippen molar-refractivity contribution in [2.45, 2.75) is 13.2 Å². The van der Waals surface area contributed by atoms with Crippen molar-refractivity contribution in [3.8, 4) is 5.75 Å². The van der Waals surface area contributed by atoms with Gasteiger partial charge in [-0.2, -0.15) is 0 Å². The number of nitrogens with zero attached hydrogens (tertiary/aromatic N) is 2. The van der Waals surface area contributed by atoms with E-state index in [1.807, 2.05) is 29.6 Å². The Kier molecular flexibility index (Phi) is 6.80. The van der Waals surface area contributed by atoms with Gasteiger partial charge in [0.05, 0.1) is 11.2 Å². The third-order valence-corrected chi connectivity index (χ3v) is 4.80. The maximum atomic E-state index is 12.5. The second-order valence-electron chi connectivity index (χ2n) is 6.36. The Morgan fingerprint density at radius 3 is 2.66 bits per heavy atom. The van der Waals surface area contributed by atoms with Crippen molar-refractivity contribution >= 4 is 29.0 Å². The number of aromatic nitrogens is 1. The predicted octanol–water partition coefficient (Wildman–Crippen LogP) is 3.75. The molecule has 2 N–H and O–H groups in total. The lowest BCUT2D eigenvalue weighted by molar-refractivity contribution is 0.0963. The number of carbonyl (C=O) groups excluding carboxylic acids is 2. The van der Waals surface area contributed by atoms with Crippen molar-refractivity contribution in [2.24, 2.45) is 0 Å². The highest BCUT2D eigenvalue weighted by Gasteiger charge is 2.11. The Bertz CT molecular complexity index is 958. The van der Waals surface area contributed by atoms with Crippen LogP contribution in [0.3, 0.4) is 0 Å². The van der Waals surface area contributed by atoms with Crippen molar-refractivity contribution in [3.63, 3.8) is 0 Å². The van der Waals surface area contributed by atoms with E-state index >= 15 is 0 Å². The lowest BCUT2D eigenvalue weighted by Gasteiger charge is -2.18. The van der Waals surface area contributed by atoms with Crippen LogP contribution in [0.2, 0.25) is 0 Å². The molecule has 0 fully saturated rings. The molecule has 0 bridgehead atoms. The van der Waals surface area contributed by atoms with Crippen LogP contribution in [0.1, 0.15) is 21.6 Å². The van der Waals surface area contributed by atoms with Gasteiger partial charge in [0, 0.05) is 43.3 Å². The molecule has 1 aromatic heterocycles. The summed E-state index contributed by atoms with van der Waals surface area (Å²) in [7, 11) is 3.30. The summed E-state index contributed by atoms with van der Waals surface area (Å²) in [4.78, 5) is 29.8. The lowest BCUT2D eigenvalue weighted by atomic mass is 10.1. The molecule has 3 rings (SSSR count). The molecular weight excluding hydrogens is 388 g/mol. The molecule has 2 aromatic carbocycles. The van der Waals surface area contributed by atoms with Crippen molar-refractivity contribution < 1.29 is 14.3 Å². The summed E-state index contributed by atoms with van der Waals surface area (Å²) in [6, 6.07) is 14.1. The summed E-state index contributed by atoms with van der Waals surface area (Å²) >= 11 is 1.52. The van der Waals surface area contributed by atoms with Crippen LogP contribution in [0.5, 0.6) is 5.75 Å². The van der Waals surface area contributed by atoms with Crippen LogP contribution in [0, 0.1) is 0 Å². The molecule has 0 saturated carbocycles. The molecule has 1 heterocycles. The third kappa shape index (κ3) is 5.79. The van der Waals surface area contributed by atoms with Crippen LogP contribution in [-0.4, -0.2) is 35.9 Å². The van der Waals surface area contributed by atoms with E-state index in [0.717, 1.165) is 11.3 Å². The van der Waals surface area contributed by atoms with Gasteiger partial charge in [-0.05, 0) is 29.8 Å². The molecule has 0 saturated heterocycles. The number of urea groups is 1. The summed E-state index contributed by atoms with van der Waals surface area (Å²) in [5, 5.41) is 7.38. The smallest absolute Gasteiger partial charge is 0.321 e. The SMILES string of the molecule is CNC(=O)c1ccc(CN(C)C(=O)Nc2cccc(OCc3cscn3)c2)cc1. The highest BCUT2D eigenvalue weighted by Crippen LogP contribution is 2.19. The van der Waals surface area contributed by atoms with Gasteiger partial charge >= 0.3 is 6.03 Å². The average molecular weight is 410 g/mol. The number of rotatable bonds is 7. The minimum atomic E-state index is -0.239. The van der Waals surface area contributed by atoms with E-state index in [4.69, 9.17) is 4.74 Å². The van der Waals surface area contributed by atoms with Gasteiger partial charge in [0.1, 0.15) is 12.4 Å². The normalized spacial score (nSPS) is 10.3. The van der Waals surface area contributed by atoms with Crippen molar-refractivity contribution in [1.82, 2.24) is 15.2 Å². The number of carbonyl (C=O) groups is 2. The van der Waals surface area contributed by atoms with E-state index in [2.05, 4.69) is 15.6 Å². The quantitative estimate of drug-likeness (QED) is 0.621. The zero-order valence-corrected chi connectivity index (χ0v) is 17.0. The molecular formula is C21H22N4O3S. The molecule has 0 radical (unpaired) electrons. The van der Waals surface area contributed by atoms with Gasteiger partial charge in [0.2, 0.25) is 0 Å². The lowest BCUT2D eigenvalue weighted by Crippen LogP contribution is -2.30. The number of anilines is 1. The number of benzene rings is 2. The fourth-order valence-electron chi connectivity index (χ4n) is 2.60. The first-order valence-electron chi connectivity index (χ1n) is 8.98. The van der Waals surface area contributed by atoms with Crippen LogP contribution in [-0.2, 0) is 13.2 Å². The Morgan fingerprint density at radius 1 is 1.17 bits per heavy atom. The van der Waals surface area contributed by atoms with E-state index in [9.17, 15) is 9.59 Å². The monoisotopic (exact) mass is 410 g/mol. The van der Waals surface area contributed by atoms with Crippen molar-refractivity contribution in [2.75, 3.05) is 19.4 Å². The Labute approximate surface area is 173 Å². The molecule has 7 nitrogen and oxygen atoms in total. The van der Waals surface area contributed by atoms with Gasteiger partial charge in [-0.3, -0.25) is 4.79 Å². The minimum Gasteiger partial charge on any atom is -0.487 e. The molecule has 0 aliphatic heterocycles. The zero-order chi connectivity index (χ0) is 20.6. The van der Waals surface area contributed by atoms with Gasteiger partial charge in [-0.15, -0.1) is 11.3 Å². The van der Waals surface area contributed by atoms with Gasteiger partial charge in [0.25, 0.3) is 5.91 Å². The first-order valence-corrected chi connectivity index (χ1v) is 9.92. The largest absolute Gasteiger partial charge is 0.487 e. The number of ether oxygens (including phenoxy) is 1. The molecule has 3 aromatic rings. The fraction of sp³-hybridized carbons (Fsp3) is 0.190. The van der Waals surface area contributed by atoms with E-state index < -0.39 is 0 Å². The van der Waals surface area contributed by atoms with Crippen molar-refractivity contribution in [1.29, 1.82) is 0 Å². The second-order valence-corrected chi connectivity index (χ2v) is 7.08. The molecule has 150 valence electrons. The van der Waals surface area contributed by atoms with Gasteiger partial charge in [0.15, 0.2) is 0 Å². The Morgan fingerprint density at radius 2 is 1.97 bits per heavy atom. The molecule has 29 heavy (non-hydrogen) atoms. The van der Waals surface area contributed by atoms with Gasteiger partial charge in [-0.25, -0.2) is 9.78 Å². The molecule has 0 unspecified atom stereocenters. The summed E-state index contributed by atoms with van der Waals surface area (Å²) in [6.45, 7) is 0.798. The topological polar surface area (TPSA) is 83.6 Å². The molecule has 0 spiro atoms. The summed E-state index contributed by atoms with van der Waals surface area (Å²) in [5.74, 6) is 0.516. The van der Waals surface area contributed by atoms with Crippen LogP contribution < -0.4 is 15.4 Å². The van der Waals surface area contributed by atoms with Crippen molar-refractivity contribution in [3.05, 3.63) is 76.2 Å². The van der Waals surface area contributed by atoms with E-state index in [1.165, 1.54) is 11.3 Å². The fourth-order valence-corrected chi connectivity index (χ4v) is 3.14. The summed E-state index contributed by atoms with van der Waals surface area (Å²) in [5.41, 5.74) is 4.78. The number of nitrogens with one attached hydrogen (secondary N) is 2. The molecule has 0 aliphatic rings. The molecule has 0 aliphatic carbocycles. The second kappa shape index (κ2) is 9.70. The van der Waals surface area contributed by atoms with E-state index in [1.54, 1.807) is 48.8 Å². The maximum absolute atomic E-state index is 12.5. The number of hydrogen-bond donors (Lipinski definition) is 2. The highest BCUT2D eigenvalue weighted by molar-refractivity contribution is 7.07. The number of hydrogen-bond acceptors (Lipinski definition) is 5. The number of amides is 3. The molecule has 0 atom stereocenters. The number of thiazole rings is 1. The summed E-state index contributed by atoms with van der Waals surface area (Å²) in [6.07, 6.45) is 0. The first kappa shape index (κ1) is 20.3. The van der Waals surface area contributed by atoms with Gasteiger partial charge in [-0.1, -0.05) is 18.2 Å². The summed E-state index contributed by atoms with van der Waals surface area (Å²) < 4.78 is 5.72. The Balaban J connectivity index is 1.55. The average Bonchev–Trinajstić information content (AvgIpc) is 3.26. The van der Waals surface area contributed by atoms with Gasteiger partial charge < -0.3 is 20.3 Å². The first-order chi connectivity index (χ1) is 14.0. The predicted molar refractivity (Wildman–Crippen MR) is 113 cm³/mol. The highest BCUT2D eigenvalue weighted by atomic mass is 32.1. The maximum Gasteiger partial charge on any atom is 0.321 e. The standard InChI is InChI=1S/C21H22N4O3S/c1-22-20(26)16-8-6-15(7-9-16)11-25(2)21(27)24-17-4-3-5-19(10-17)28-12-18-13-29-14-23-18/h3-10,13-14H,11-12H2,1-2H3,(H,22,26)(H,24,27). The van der Waals surface area contributed by atoms with Crippen LogP contribution in [0.15, 0.2) is 59.4 Å². The van der Waals surface area contributed by atoms with Crippen LogP contribution in [0.25, 0.3) is 0 Å².